The maximum absolute atomic E-state index is 15.5. The number of fused-ring (bicyclic) bond motifs is 4. The molecule has 0 amide bonds. The fourth-order valence-corrected chi connectivity index (χ4v) is 16.9. The number of carbonyl (C=O) groups excluding carboxylic acids is 9. The minimum Gasteiger partial charge on any atom is -0.507 e. The normalized spacial score (nSPS) is 44.7. The van der Waals surface area contributed by atoms with E-state index < -0.39 is 261 Å². The number of ketones is 4. The minimum absolute atomic E-state index is 0. The van der Waals surface area contributed by atoms with E-state index in [9.17, 15) is 90.4 Å². The number of hydrogen-bond donors (Lipinski definition) is 13. The molecule has 6 fully saturated rings. The molecule has 0 radical (unpaired) electrons. The Bertz CT molecular complexity index is 4360. The Morgan fingerprint density at radius 2 is 0.757 bits per heavy atom. The van der Waals surface area contributed by atoms with E-state index in [0.29, 0.717) is 23.0 Å². The molecule has 30 nitrogen and oxygen atoms in total. The van der Waals surface area contributed by atoms with Gasteiger partial charge in [-0.1, -0.05) is 101 Å². The van der Waals surface area contributed by atoms with Crippen LogP contribution in [-0.2, 0) is 81.0 Å². The number of hydrogen-bond acceptors (Lipinski definition) is 30. The SMILES string of the molecule is CC1=C\C=C\C2(C)C=C(CO[C@H]3O[C@H](CO)[C@H](O)[C@H](O)[C@H]3O)C(C)CC23OC(=O)/C(=C(O)\C=C\C2(C)C=C(CO)C(C)CC24OC(=O)\C(=C(O)/C(C)=C/C=C/C2(C)C=C(CO[C@H]5O[C@H](CO)[C@H](O)[C@H](O)[C@H]5O)C(C)CC25OC(=O)/C(=C(O)/C=C/C2(C)C=C(C=O)C(C)CC26OC(=O)\C(=C\1O)C6=O)C5=O)C4=O)C3=O.[Ca+2].[K+].[Na+]. The molecule has 13 N–H and O–H groups in total. The molecule has 0 aromatic heterocycles. The Balaban J connectivity index is 0.00000516. The molecule has 11 aliphatic rings. The van der Waals surface area contributed by atoms with E-state index in [1.165, 1.54) is 108 Å². The molecule has 4 spiro atoms. The summed E-state index contributed by atoms with van der Waals surface area (Å²) in [7, 11) is 0. The summed E-state index contributed by atoms with van der Waals surface area (Å²) in [4.78, 5) is 132. The van der Waals surface area contributed by atoms with Crippen molar-refractivity contribution in [2.24, 2.45) is 45.3 Å². The molecule has 582 valence electrons. The Morgan fingerprint density at radius 1 is 0.450 bits per heavy atom. The third-order valence-corrected chi connectivity index (χ3v) is 23.8. The van der Waals surface area contributed by atoms with Gasteiger partial charge in [-0.15, -0.1) is 0 Å². The second kappa shape index (κ2) is 34.0. The fourth-order valence-electron chi connectivity index (χ4n) is 16.9. The van der Waals surface area contributed by atoms with E-state index >= 15 is 19.2 Å². The van der Waals surface area contributed by atoms with Gasteiger partial charge in [0, 0.05) is 25.7 Å². The van der Waals surface area contributed by atoms with Crippen LogP contribution in [0.4, 0.5) is 0 Å². The number of aliphatic hydroxyl groups excluding tert-OH is 13. The predicted octanol–water partition coefficient (Wildman–Crippen LogP) is -3.83. The summed E-state index contributed by atoms with van der Waals surface area (Å²) >= 11 is 0. The molecule has 22 atom stereocenters. The molecule has 111 heavy (non-hydrogen) atoms. The first-order chi connectivity index (χ1) is 50.6. The topological polar surface area (TPSA) is 490 Å². The van der Waals surface area contributed by atoms with Crippen LogP contribution >= 0.6 is 0 Å². The van der Waals surface area contributed by atoms with Gasteiger partial charge in [-0.3, -0.25) is 24.0 Å². The summed E-state index contributed by atoms with van der Waals surface area (Å²) in [5.41, 5.74) is -19.5. The van der Waals surface area contributed by atoms with Gasteiger partial charge < -0.3 is 104 Å². The van der Waals surface area contributed by atoms with Gasteiger partial charge in [-0.2, -0.15) is 0 Å². The van der Waals surface area contributed by atoms with Crippen molar-refractivity contribution in [3.8, 4) is 0 Å². The molecule has 6 heterocycles. The summed E-state index contributed by atoms with van der Waals surface area (Å²) in [6.07, 6.45) is -0.316. The van der Waals surface area contributed by atoms with Gasteiger partial charge in [-0.25, -0.2) is 19.2 Å². The van der Waals surface area contributed by atoms with Gasteiger partial charge >= 0.3 is 143 Å². The van der Waals surface area contributed by atoms with Crippen molar-refractivity contribution >= 4 is 91.0 Å². The van der Waals surface area contributed by atoms with E-state index in [2.05, 4.69) is 0 Å². The second-order valence-corrected chi connectivity index (χ2v) is 30.9. The standard InChI is InChI=1S/C78H90O30.Ca.K.Na/c1-35-13-11-17-71(7)27-43(33-101-69-59(91)57(89)55(87)47(31-81)103-69)39(5)23-75(71)61(93)49(65(97)105-75)46(84)16-20-74(10)26-42(30-80)38(4)22-78(74)64(96)52(68(100)108-78)54(86)36(2)14-12-18-72(8)28-44(34-102-70-60(92)58(90)56(88)48(32-82)104-70)40(6)24-76(72)62(94)50(66(98)106-76)45(83)15-19-73(9)25-41(29-79)37(3)21-77(73)63(95)51(53(35)85)67(99)107-77;;;/h11-20,25-29,37-40,47-48,55-60,69-70,80-92H,21-24,30-34H2,1-10H3;;;/q;+2;2*+1/b17-11+,18-12+,19-15+,20-16+,35-13+,36-14+,49-46+,50-45-,53-51-,54-52+;;;/t37?,38?,39?,40?,47-,48-,55+,56+,57+,58+,59-,60-,69+,70+,71?,72?,73?,74?,75?,76?,77?,78?;;;/m1.../s1. The van der Waals surface area contributed by atoms with Gasteiger partial charge in [0.05, 0.1) is 54.7 Å². The van der Waals surface area contributed by atoms with Crippen molar-refractivity contribution < 1.29 is 228 Å². The van der Waals surface area contributed by atoms with Gasteiger partial charge in [-0.05, 0) is 111 Å². The van der Waals surface area contributed by atoms with E-state index in [1.54, 1.807) is 27.7 Å². The van der Waals surface area contributed by atoms with Gasteiger partial charge in [0.2, 0.25) is 23.1 Å². The van der Waals surface area contributed by atoms with E-state index in [1.807, 2.05) is 0 Å². The van der Waals surface area contributed by atoms with Crippen molar-refractivity contribution in [1.82, 2.24) is 0 Å². The quantitative estimate of drug-likeness (QED) is 0.0249. The van der Waals surface area contributed by atoms with Crippen molar-refractivity contribution in [2.75, 3.05) is 33.0 Å². The zero-order valence-corrected chi connectivity index (χ0v) is 70.9. The molecule has 6 saturated heterocycles. The largest absolute Gasteiger partial charge is 2.00 e. The first kappa shape index (κ1) is 91.7. The van der Waals surface area contributed by atoms with Crippen LogP contribution in [0, 0.1) is 45.3 Å². The third-order valence-electron chi connectivity index (χ3n) is 23.8. The number of Topliss-reactive ketones (excluding diaryl/α,β-unsaturated/α-hetero) is 4. The average Bonchev–Trinajstić information content (AvgIpc) is 1.60. The van der Waals surface area contributed by atoms with Crippen LogP contribution in [0.25, 0.3) is 0 Å². The van der Waals surface area contributed by atoms with Crippen LogP contribution in [0.2, 0.25) is 0 Å². The molecule has 8 bridgehead atoms. The molecule has 12 unspecified atom stereocenters. The molecular weight excluding hydrogens is 1520 g/mol. The van der Waals surface area contributed by atoms with Gasteiger partial charge in [0.1, 0.15) is 100 Å². The Hall–Kier alpha value is -4.83. The predicted molar refractivity (Wildman–Crippen MR) is 376 cm³/mol. The average molecular weight is 1610 g/mol. The number of aldehydes is 1. The minimum atomic E-state index is -2.33. The molecular formula is C78H90CaKNaO30+4. The van der Waals surface area contributed by atoms with Gasteiger partial charge in [0.15, 0.2) is 35.0 Å². The number of rotatable bonds is 10. The Morgan fingerprint density at radius 3 is 1.10 bits per heavy atom. The molecule has 6 aliphatic heterocycles. The van der Waals surface area contributed by atoms with E-state index in [4.69, 9.17) is 37.9 Å². The maximum atomic E-state index is 15.5. The summed E-state index contributed by atoms with van der Waals surface area (Å²) in [6.45, 7) is 11.7. The van der Waals surface area contributed by atoms with Crippen molar-refractivity contribution in [1.29, 1.82) is 0 Å². The molecule has 0 saturated carbocycles. The smallest absolute Gasteiger partial charge is 0.507 e. The number of aliphatic hydroxyl groups is 13. The van der Waals surface area contributed by atoms with Crippen LogP contribution < -0.4 is 80.9 Å². The number of ether oxygens (including phenoxy) is 8. The zero-order chi connectivity index (χ0) is 79.4. The van der Waals surface area contributed by atoms with Crippen molar-refractivity contribution in [3.63, 3.8) is 0 Å². The van der Waals surface area contributed by atoms with Crippen LogP contribution in [0.3, 0.4) is 0 Å². The van der Waals surface area contributed by atoms with Crippen LogP contribution in [-0.4, -0.2) is 274 Å². The summed E-state index contributed by atoms with van der Waals surface area (Å²) < 4.78 is 47.5. The molecule has 11 rings (SSSR count). The monoisotopic (exact) mass is 1610 g/mol. The van der Waals surface area contributed by atoms with Crippen LogP contribution in [0.5, 0.6) is 0 Å². The summed E-state index contributed by atoms with van der Waals surface area (Å²) in [5.74, 6) is -16.7. The Kier molecular flexibility index (Phi) is 28.1. The van der Waals surface area contributed by atoms with Crippen LogP contribution in [0.15, 0.2) is 164 Å². The Labute approximate surface area is 732 Å². The number of esters is 4. The zero-order valence-electron chi connectivity index (χ0n) is 63.6. The fraction of sp³-hybridized carbons (Fsp3) is 0.526. The summed E-state index contributed by atoms with van der Waals surface area (Å²) in [5, 5.41) is 143. The molecule has 0 aromatic carbocycles. The molecule has 0 aromatic rings. The number of carbonyl (C=O) groups is 9. The summed E-state index contributed by atoms with van der Waals surface area (Å²) in [6, 6.07) is 0. The van der Waals surface area contributed by atoms with E-state index in [-0.39, 0.29) is 155 Å². The molecule has 5 aliphatic carbocycles. The first-order valence-electron chi connectivity index (χ1n) is 35.3. The first-order valence-corrected chi connectivity index (χ1v) is 35.3. The maximum Gasteiger partial charge on any atom is 2.00 e. The second-order valence-electron chi connectivity index (χ2n) is 30.9. The van der Waals surface area contributed by atoms with Crippen LogP contribution in [0.1, 0.15) is 94.9 Å². The van der Waals surface area contributed by atoms with Crippen molar-refractivity contribution in [2.45, 2.75) is 179 Å². The van der Waals surface area contributed by atoms with Gasteiger partial charge in [0.25, 0.3) is 0 Å². The third kappa shape index (κ3) is 15.2. The molecule has 33 heteroatoms. The number of allylic oxidation sites excluding steroid dienone is 9. The van der Waals surface area contributed by atoms with E-state index in [0.717, 1.165) is 18.2 Å². The van der Waals surface area contributed by atoms with Crippen molar-refractivity contribution in [3.05, 3.63) is 164 Å².